The summed E-state index contributed by atoms with van der Waals surface area (Å²) in [5.41, 5.74) is 1.58. The zero-order valence-electron chi connectivity index (χ0n) is 15.7. The van der Waals surface area contributed by atoms with Gasteiger partial charge in [0.05, 0.1) is 6.20 Å². The molecule has 5 rings (SSSR count). The van der Waals surface area contributed by atoms with E-state index in [1.54, 1.807) is 16.4 Å². The Hall–Kier alpha value is -2.85. The summed E-state index contributed by atoms with van der Waals surface area (Å²) >= 11 is 0. The van der Waals surface area contributed by atoms with Crippen molar-refractivity contribution >= 4 is 21.6 Å². The highest BCUT2D eigenvalue weighted by molar-refractivity contribution is 7.89. The topological polar surface area (TPSA) is 98.1 Å². The van der Waals surface area contributed by atoms with Crippen molar-refractivity contribution < 1.29 is 17.9 Å². The van der Waals surface area contributed by atoms with Crippen molar-refractivity contribution in [2.75, 3.05) is 25.2 Å². The fourth-order valence-electron chi connectivity index (χ4n) is 3.58. The van der Waals surface area contributed by atoms with Crippen molar-refractivity contribution in [2.45, 2.75) is 30.7 Å². The molecule has 152 valence electrons. The first-order chi connectivity index (χ1) is 14.1. The maximum absolute atomic E-state index is 12.9. The van der Waals surface area contributed by atoms with Crippen LogP contribution < -0.4 is 14.8 Å². The number of fused-ring (bicyclic) bond motifs is 2. The third kappa shape index (κ3) is 3.49. The Morgan fingerprint density at radius 2 is 1.86 bits per heavy atom. The van der Waals surface area contributed by atoms with E-state index < -0.39 is 10.0 Å². The summed E-state index contributed by atoms with van der Waals surface area (Å²) < 4.78 is 39.5. The van der Waals surface area contributed by atoms with Crippen LogP contribution in [-0.2, 0) is 16.6 Å². The van der Waals surface area contributed by atoms with Crippen molar-refractivity contribution in [1.29, 1.82) is 0 Å². The lowest BCUT2D eigenvalue weighted by atomic mass is 10.2. The summed E-state index contributed by atoms with van der Waals surface area (Å²) in [4.78, 5) is 4.65. The molecule has 2 aromatic heterocycles. The highest BCUT2D eigenvalue weighted by atomic mass is 32.2. The van der Waals surface area contributed by atoms with Crippen molar-refractivity contribution in [2.24, 2.45) is 0 Å². The Labute approximate surface area is 168 Å². The fourth-order valence-corrected chi connectivity index (χ4v) is 5.09. The molecule has 0 unspecified atom stereocenters. The molecule has 10 heteroatoms. The third-order valence-corrected chi connectivity index (χ3v) is 7.03. The second-order valence-electron chi connectivity index (χ2n) is 7.11. The molecule has 0 bridgehead atoms. The summed E-state index contributed by atoms with van der Waals surface area (Å²) in [5, 5.41) is 7.54. The van der Waals surface area contributed by atoms with Crippen LogP contribution in [0.1, 0.15) is 24.8 Å². The lowest BCUT2D eigenvalue weighted by molar-refractivity contribution is 0.174. The summed E-state index contributed by atoms with van der Waals surface area (Å²) in [6.45, 7) is 1.88. The lowest BCUT2D eigenvalue weighted by Crippen LogP contribution is -2.35. The molecule has 0 radical (unpaired) electrons. The molecular weight excluding hydrogens is 394 g/mol. The van der Waals surface area contributed by atoms with E-state index in [2.05, 4.69) is 15.4 Å². The zero-order valence-corrected chi connectivity index (χ0v) is 16.6. The van der Waals surface area contributed by atoms with E-state index in [1.165, 1.54) is 10.7 Å². The Balaban J connectivity index is 1.34. The predicted octanol–water partition coefficient (Wildman–Crippen LogP) is 2.24. The minimum absolute atomic E-state index is 0.235. The van der Waals surface area contributed by atoms with Crippen LogP contribution in [0.5, 0.6) is 11.5 Å². The van der Waals surface area contributed by atoms with Crippen LogP contribution in [0.2, 0.25) is 0 Å². The molecule has 29 heavy (non-hydrogen) atoms. The Morgan fingerprint density at radius 1 is 1.03 bits per heavy atom. The van der Waals surface area contributed by atoms with E-state index in [-0.39, 0.29) is 11.7 Å². The van der Waals surface area contributed by atoms with Gasteiger partial charge in [0.15, 0.2) is 17.1 Å². The summed E-state index contributed by atoms with van der Waals surface area (Å²) in [7, 11) is -3.51. The number of nitrogens with zero attached hydrogens (tertiary/aromatic N) is 4. The molecule has 2 aliphatic rings. The second kappa shape index (κ2) is 7.20. The molecule has 3 aromatic rings. The van der Waals surface area contributed by atoms with Crippen molar-refractivity contribution in [3.8, 4) is 11.5 Å². The minimum Gasteiger partial charge on any atom is -0.454 e. The van der Waals surface area contributed by atoms with Gasteiger partial charge in [-0.2, -0.15) is 9.29 Å². The number of ether oxygens (including phenoxy) is 2. The monoisotopic (exact) mass is 415 g/mol. The van der Waals surface area contributed by atoms with Gasteiger partial charge in [0, 0.05) is 19.6 Å². The minimum atomic E-state index is -3.51. The van der Waals surface area contributed by atoms with Crippen molar-refractivity contribution in [3.05, 3.63) is 42.1 Å². The van der Waals surface area contributed by atoms with E-state index in [4.69, 9.17) is 9.47 Å². The first-order valence-corrected chi connectivity index (χ1v) is 11.0. The van der Waals surface area contributed by atoms with Crippen LogP contribution in [0.4, 0.5) is 5.95 Å². The zero-order chi connectivity index (χ0) is 19.8. The highest BCUT2D eigenvalue weighted by Crippen LogP contribution is 2.32. The Morgan fingerprint density at radius 3 is 2.72 bits per heavy atom. The average molecular weight is 415 g/mol. The largest absolute Gasteiger partial charge is 0.454 e. The molecule has 1 N–H and O–H groups in total. The standard InChI is InChI=1S/C19H21N5O4S/c25-29(26,23-8-2-1-3-9-23)15-5-7-18-21-19(22-24(18)12-15)20-11-14-4-6-16-17(10-14)28-13-27-16/h4-7,10,12H,1-3,8-9,11,13H2,(H,20,22). The maximum atomic E-state index is 12.9. The van der Waals surface area contributed by atoms with Crippen LogP contribution in [0.25, 0.3) is 5.65 Å². The molecule has 0 spiro atoms. The summed E-state index contributed by atoms with van der Waals surface area (Å²) in [6, 6.07) is 8.99. The number of benzene rings is 1. The molecule has 0 amide bonds. The van der Waals surface area contributed by atoms with Crippen LogP contribution in [0.3, 0.4) is 0 Å². The number of sulfonamides is 1. The average Bonchev–Trinajstić information content (AvgIpc) is 3.38. The van der Waals surface area contributed by atoms with Gasteiger partial charge in [-0.25, -0.2) is 12.9 Å². The van der Waals surface area contributed by atoms with Crippen LogP contribution >= 0.6 is 0 Å². The number of anilines is 1. The number of hydrogen-bond acceptors (Lipinski definition) is 7. The van der Waals surface area contributed by atoms with Crippen LogP contribution in [0, 0.1) is 0 Å². The number of hydrogen-bond donors (Lipinski definition) is 1. The van der Waals surface area contributed by atoms with Crippen LogP contribution in [0.15, 0.2) is 41.4 Å². The van der Waals surface area contributed by atoms with Crippen LogP contribution in [-0.4, -0.2) is 47.2 Å². The second-order valence-corrected chi connectivity index (χ2v) is 9.05. The number of nitrogens with one attached hydrogen (secondary N) is 1. The van der Waals surface area contributed by atoms with E-state index in [9.17, 15) is 8.42 Å². The quantitative estimate of drug-likeness (QED) is 0.682. The molecule has 1 aromatic carbocycles. The lowest BCUT2D eigenvalue weighted by Gasteiger charge is -2.25. The first kappa shape index (κ1) is 18.2. The molecule has 9 nitrogen and oxygen atoms in total. The number of aromatic nitrogens is 3. The van der Waals surface area contributed by atoms with Gasteiger partial charge >= 0.3 is 0 Å². The number of piperidine rings is 1. The van der Waals surface area contributed by atoms with E-state index >= 15 is 0 Å². The van der Waals surface area contributed by atoms with Gasteiger partial charge in [0.25, 0.3) is 0 Å². The molecule has 1 saturated heterocycles. The number of rotatable bonds is 5. The summed E-state index contributed by atoms with van der Waals surface area (Å²) in [5.74, 6) is 1.89. The first-order valence-electron chi connectivity index (χ1n) is 9.59. The molecule has 0 saturated carbocycles. The van der Waals surface area contributed by atoms with Gasteiger partial charge in [-0.05, 0) is 42.7 Å². The van der Waals surface area contributed by atoms with E-state index in [0.717, 1.165) is 36.3 Å². The van der Waals surface area contributed by atoms with Gasteiger partial charge in [-0.1, -0.05) is 12.5 Å². The van der Waals surface area contributed by atoms with Gasteiger partial charge < -0.3 is 14.8 Å². The Bertz CT molecular complexity index is 1150. The normalized spacial score (nSPS) is 17.0. The molecule has 1 fully saturated rings. The van der Waals surface area contributed by atoms with Crippen molar-refractivity contribution in [3.63, 3.8) is 0 Å². The Kier molecular flexibility index (Phi) is 4.51. The molecule has 0 atom stereocenters. The molecular formula is C19H21N5O4S. The molecule has 2 aliphatic heterocycles. The maximum Gasteiger partial charge on any atom is 0.244 e. The highest BCUT2D eigenvalue weighted by Gasteiger charge is 2.26. The van der Waals surface area contributed by atoms with Gasteiger partial charge in [0.1, 0.15) is 4.90 Å². The van der Waals surface area contributed by atoms with E-state index in [0.29, 0.717) is 31.2 Å². The predicted molar refractivity (Wildman–Crippen MR) is 105 cm³/mol. The van der Waals surface area contributed by atoms with Gasteiger partial charge in [0.2, 0.25) is 22.8 Å². The fraction of sp³-hybridized carbons (Fsp3) is 0.368. The smallest absolute Gasteiger partial charge is 0.244 e. The number of pyridine rings is 1. The molecule has 4 heterocycles. The van der Waals surface area contributed by atoms with Crippen molar-refractivity contribution in [1.82, 2.24) is 18.9 Å². The van der Waals surface area contributed by atoms with Gasteiger partial charge in [-0.15, -0.1) is 5.10 Å². The van der Waals surface area contributed by atoms with Gasteiger partial charge in [-0.3, -0.25) is 0 Å². The summed E-state index contributed by atoms with van der Waals surface area (Å²) in [6.07, 6.45) is 4.40. The van der Waals surface area contributed by atoms with E-state index in [1.807, 2.05) is 18.2 Å². The third-order valence-electron chi connectivity index (χ3n) is 5.14. The SMILES string of the molecule is O=S(=O)(c1ccc2nc(NCc3ccc4c(c3)OCO4)nn2c1)N1CCCCC1. The molecule has 0 aliphatic carbocycles.